The van der Waals surface area contributed by atoms with Crippen molar-refractivity contribution in [3.63, 3.8) is 0 Å². The highest BCUT2D eigenvalue weighted by Crippen LogP contribution is 2.19. The van der Waals surface area contributed by atoms with Crippen LogP contribution >= 0.6 is 0 Å². The number of aryl methyl sites for hydroxylation is 1. The second-order valence-corrected chi connectivity index (χ2v) is 3.55. The van der Waals surface area contributed by atoms with E-state index in [9.17, 15) is 0 Å². The smallest absolute Gasteiger partial charge is 0.120 e. The third-order valence-electron chi connectivity index (χ3n) is 2.37. The lowest BCUT2D eigenvalue weighted by Gasteiger charge is -2.07. The third-order valence-corrected chi connectivity index (χ3v) is 2.37. The largest absolute Gasteiger partial charge is 0.464 e. The van der Waals surface area contributed by atoms with Crippen LogP contribution in [0.3, 0.4) is 0 Å². The molecule has 0 amide bonds. The average Bonchev–Trinajstić information content (AvgIpc) is 2.66. The molecule has 1 aromatic heterocycles. The summed E-state index contributed by atoms with van der Waals surface area (Å²) < 4.78 is 5.57. The van der Waals surface area contributed by atoms with Crippen LogP contribution in [0.4, 0.5) is 0 Å². The Morgan fingerprint density at radius 2 is 2.14 bits per heavy atom. The lowest BCUT2D eigenvalue weighted by atomic mass is 10.1. The fourth-order valence-electron chi connectivity index (χ4n) is 1.43. The number of hydrogen-bond donors (Lipinski definition) is 2. The van der Waals surface area contributed by atoms with E-state index in [-0.39, 0.29) is 6.04 Å². The van der Waals surface area contributed by atoms with Gasteiger partial charge in [0.1, 0.15) is 11.5 Å². The molecule has 0 radical (unpaired) electrons. The van der Waals surface area contributed by atoms with Crippen LogP contribution in [0.1, 0.15) is 43.7 Å². The SMILES string of the molecule is CCc1ccc([C@H](N)CCCCN)o1. The van der Waals surface area contributed by atoms with Crippen molar-refractivity contribution >= 4 is 0 Å². The molecule has 0 aromatic carbocycles. The number of nitrogens with two attached hydrogens (primary N) is 2. The molecule has 0 saturated carbocycles. The van der Waals surface area contributed by atoms with E-state index in [0.717, 1.165) is 43.7 Å². The summed E-state index contributed by atoms with van der Waals surface area (Å²) in [5, 5.41) is 0. The summed E-state index contributed by atoms with van der Waals surface area (Å²) in [5.74, 6) is 1.91. The van der Waals surface area contributed by atoms with Gasteiger partial charge in [0.2, 0.25) is 0 Å². The minimum Gasteiger partial charge on any atom is -0.464 e. The van der Waals surface area contributed by atoms with Gasteiger partial charge in [0.15, 0.2) is 0 Å². The summed E-state index contributed by atoms with van der Waals surface area (Å²) in [6.45, 7) is 2.81. The second-order valence-electron chi connectivity index (χ2n) is 3.55. The van der Waals surface area contributed by atoms with E-state index in [2.05, 4.69) is 6.92 Å². The van der Waals surface area contributed by atoms with Gasteiger partial charge >= 0.3 is 0 Å². The molecule has 3 heteroatoms. The van der Waals surface area contributed by atoms with Crippen molar-refractivity contribution in [3.8, 4) is 0 Å². The molecule has 4 N–H and O–H groups in total. The van der Waals surface area contributed by atoms with Gasteiger partial charge in [-0.15, -0.1) is 0 Å². The lowest BCUT2D eigenvalue weighted by molar-refractivity contribution is 0.419. The van der Waals surface area contributed by atoms with Crippen molar-refractivity contribution in [1.82, 2.24) is 0 Å². The van der Waals surface area contributed by atoms with Gasteiger partial charge in [0, 0.05) is 6.42 Å². The molecule has 0 aliphatic carbocycles. The first-order valence-electron chi connectivity index (χ1n) is 5.32. The zero-order valence-corrected chi connectivity index (χ0v) is 8.83. The van der Waals surface area contributed by atoms with Crippen LogP contribution in [-0.2, 0) is 6.42 Å². The molecule has 1 rings (SSSR count). The highest BCUT2D eigenvalue weighted by molar-refractivity contribution is 5.10. The minimum atomic E-state index is 0.0295. The summed E-state index contributed by atoms with van der Waals surface area (Å²) >= 11 is 0. The van der Waals surface area contributed by atoms with Gasteiger partial charge in [-0.05, 0) is 31.5 Å². The maximum Gasteiger partial charge on any atom is 0.120 e. The number of furan rings is 1. The van der Waals surface area contributed by atoms with Crippen molar-refractivity contribution in [2.75, 3.05) is 6.54 Å². The molecule has 1 aromatic rings. The Balaban J connectivity index is 2.39. The Hall–Kier alpha value is -0.800. The summed E-state index contributed by atoms with van der Waals surface area (Å²) in [5.41, 5.74) is 11.4. The zero-order valence-electron chi connectivity index (χ0n) is 8.83. The van der Waals surface area contributed by atoms with Crippen LogP contribution < -0.4 is 11.5 Å². The quantitative estimate of drug-likeness (QED) is 0.684. The molecule has 80 valence electrons. The van der Waals surface area contributed by atoms with Crippen molar-refractivity contribution < 1.29 is 4.42 Å². The fraction of sp³-hybridized carbons (Fsp3) is 0.636. The highest BCUT2D eigenvalue weighted by atomic mass is 16.3. The topological polar surface area (TPSA) is 65.2 Å². The van der Waals surface area contributed by atoms with Gasteiger partial charge in [-0.2, -0.15) is 0 Å². The van der Waals surface area contributed by atoms with Crippen LogP contribution in [0.15, 0.2) is 16.5 Å². The lowest BCUT2D eigenvalue weighted by Crippen LogP contribution is -2.10. The molecule has 0 unspecified atom stereocenters. The van der Waals surface area contributed by atoms with E-state index in [0.29, 0.717) is 0 Å². The molecule has 3 nitrogen and oxygen atoms in total. The van der Waals surface area contributed by atoms with Gasteiger partial charge in [0.25, 0.3) is 0 Å². The summed E-state index contributed by atoms with van der Waals surface area (Å²) in [6.07, 6.45) is 3.98. The zero-order chi connectivity index (χ0) is 10.4. The molecule has 14 heavy (non-hydrogen) atoms. The minimum absolute atomic E-state index is 0.0295. The number of unbranched alkanes of at least 4 members (excludes halogenated alkanes) is 1. The average molecular weight is 196 g/mol. The van der Waals surface area contributed by atoms with Crippen molar-refractivity contribution in [1.29, 1.82) is 0 Å². The van der Waals surface area contributed by atoms with E-state index < -0.39 is 0 Å². The molecule has 0 spiro atoms. The molecule has 0 fully saturated rings. The fourth-order valence-corrected chi connectivity index (χ4v) is 1.43. The standard InChI is InChI=1S/C11H20N2O/c1-2-9-6-7-11(14-9)10(13)5-3-4-8-12/h6-7,10H,2-5,8,12-13H2,1H3/t10-/m1/s1. The van der Waals surface area contributed by atoms with Gasteiger partial charge in [-0.3, -0.25) is 0 Å². The van der Waals surface area contributed by atoms with Crippen molar-refractivity contribution in [2.24, 2.45) is 11.5 Å². The molecule has 1 heterocycles. The molecule has 1 atom stereocenters. The number of hydrogen-bond acceptors (Lipinski definition) is 3. The molecular formula is C11H20N2O. The van der Waals surface area contributed by atoms with Crippen molar-refractivity contribution in [2.45, 2.75) is 38.6 Å². The first-order valence-corrected chi connectivity index (χ1v) is 5.32. The predicted octanol–water partition coefficient (Wildman–Crippen LogP) is 1.97. The Morgan fingerprint density at radius 3 is 2.71 bits per heavy atom. The predicted molar refractivity (Wildman–Crippen MR) is 57.9 cm³/mol. The van der Waals surface area contributed by atoms with Gasteiger partial charge < -0.3 is 15.9 Å². The van der Waals surface area contributed by atoms with E-state index in [4.69, 9.17) is 15.9 Å². The van der Waals surface area contributed by atoms with Crippen LogP contribution in [0, 0.1) is 0 Å². The first kappa shape index (κ1) is 11.3. The summed E-state index contributed by atoms with van der Waals surface area (Å²) in [6, 6.07) is 4.01. The van der Waals surface area contributed by atoms with Crippen molar-refractivity contribution in [3.05, 3.63) is 23.7 Å². The second kappa shape index (κ2) is 5.83. The van der Waals surface area contributed by atoms with Gasteiger partial charge in [-0.1, -0.05) is 13.3 Å². The van der Waals surface area contributed by atoms with Crippen LogP contribution in [0.2, 0.25) is 0 Å². The first-order chi connectivity index (χ1) is 6.77. The maximum atomic E-state index is 5.97. The Morgan fingerprint density at radius 1 is 1.36 bits per heavy atom. The van der Waals surface area contributed by atoms with Crippen LogP contribution in [0.5, 0.6) is 0 Å². The molecule has 0 bridgehead atoms. The third kappa shape index (κ3) is 3.16. The highest BCUT2D eigenvalue weighted by Gasteiger charge is 2.09. The van der Waals surface area contributed by atoms with E-state index in [1.807, 2.05) is 12.1 Å². The Labute approximate surface area is 85.5 Å². The van der Waals surface area contributed by atoms with Crippen LogP contribution in [0.25, 0.3) is 0 Å². The van der Waals surface area contributed by atoms with Gasteiger partial charge in [0.05, 0.1) is 6.04 Å². The van der Waals surface area contributed by atoms with E-state index in [1.54, 1.807) is 0 Å². The van der Waals surface area contributed by atoms with Crippen LogP contribution in [-0.4, -0.2) is 6.54 Å². The van der Waals surface area contributed by atoms with Gasteiger partial charge in [-0.25, -0.2) is 0 Å². The van der Waals surface area contributed by atoms with E-state index in [1.165, 1.54) is 0 Å². The monoisotopic (exact) mass is 196 g/mol. The molecule has 0 aliphatic rings. The molecule has 0 saturated heterocycles. The Kier molecular flexibility index (Phi) is 4.70. The summed E-state index contributed by atoms with van der Waals surface area (Å²) in [4.78, 5) is 0. The normalized spacial score (nSPS) is 13.1. The molecule has 0 aliphatic heterocycles. The molecular weight excluding hydrogens is 176 g/mol. The summed E-state index contributed by atoms with van der Waals surface area (Å²) in [7, 11) is 0. The Bertz CT molecular complexity index is 258. The van der Waals surface area contributed by atoms with E-state index >= 15 is 0 Å². The maximum absolute atomic E-state index is 5.97. The number of rotatable bonds is 6.